The molecule has 3 heterocycles. The fraction of sp³-hybridized carbons (Fsp3) is 0.0435. The number of anilines is 1. The first-order valence-corrected chi connectivity index (χ1v) is 11.2. The molecule has 1 aliphatic rings. The van der Waals surface area contributed by atoms with Crippen molar-refractivity contribution in [1.82, 2.24) is 14.8 Å². The van der Waals surface area contributed by atoms with Crippen LogP contribution in [0.1, 0.15) is 32.0 Å². The predicted octanol–water partition coefficient (Wildman–Crippen LogP) is 3.21. The highest BCUT2D eigenvalue weighted by molar-refractivity contribution is 7.91. The number of pyridine rings is 1. The molecule has 8 nitrogen and oxygen atoms in total. The number of aromatic nitrogens is 3. The van der Waals surface area contributed by atoms with Crippen molar-refractivity contribution in [3.05, 3.63) is 95.3 Å². The van der Waals surface area contributed by atoms with Crippen LogP contribution in [0.25, 0.3) is 5.82 Å². The number of sulfone groups is 1. The highest BCUT2D eigenvalue weighted by atomic mass is 32.2. The Morgan fingerprint density at radius 3 is 2.47 bits per heavy atom. The molecule has 9 heteroatoms. The summed E-state index contributed by atoms with van der Waals surface area (Å²) in [6.45, 7) is 1.78. The maximum atomic E-state index is 13.1. The standard InChI is InChI=1S/C23H16N4O4S/c1-14-12-21(27(26-14)20-8-4-5-11-24-20)25-23(29)15-9-10-17-19(13-15)32(30,31)18-7-3-2-6-16(18)22(17)28/h2-13H,1H3,(H,25,29). The monoisotopic (exact) mass is 444 g/mol. The van der Waals surface area contributed by atoms with Gasteiger partial charge in [0.15, 0.2) is 11.6 Å². The number of carbonyl (C=O) groups is 2. The lowest BCUT2D eigenvalue weighted by Gasteiger charge is -2.19. The van der Waals surface area contributed by atoms with Crippen LogP contribution in [0.2, 0.25) is 0 Å². The minimum Gasteiger partial charge on any atom is -0.306 e. The van der Waals surface area contributed by atoms with Gasteiger partial charge in [0.2, 0.25) is 9.84 Å². The molecule has 0 saturated carbocycles. The average molecular weight is 444 g/mol. The van der Waals surface area contributed by atoms with Crippen LogP contribution < -0.4 is 5.32 Å². The van der Waals surface area contributed by atoms with E-state index in [9.17, 15) is 18.0 Å². The topological polar surface area (TPSA) is 111 Å². The van der Waals surface area contributed by atoms with Gasteiger partial charge in [0, 0.05) is 29.0 Å². The molecule has 5 rings (SSSR count). The number of aryl methyl sites for hydroxylation is 1. The Morgan fingerprint density at radius 2 is 1.69 bits per heavy atom. The minimum atomic E-state index is -3.94. The normalized spacial score (nSPS) is 13.8. The van der Waals surface area contributed by atoms with Gasteiger partial charge in [0.05, 0.1) is 15.5 Å². The van der Waals surface area contributed by atoms with Crippen molar-refractivity contribution in [2.45, 2.75) is 16.7 Å². The fourth-order valence-electron chi connectivity index (χ4n) is 3.66. The number of hydrogen-bond acceptors (Lipinski definition) is 6. The molecule has 1 amide bonds. The Labute approximate surface area is 183 Å². The average Bonchev–Trinajstić information content (AvgIpc) is 3.18. The number of nitrogens with zero attached hydrogens (tertiary/aromatic N) is 3. The van der Waals surface area contributed by atoms with Crippen molar-refractivity contribution in [2.24, 2.45) is 0 Å². The summed E-state index contributed by atoms with van der Waals surface area (Å²) in [4.78, 5) is 29.8. The number of hydrogen-bond donors (Lipinski definition) is 1. The number of nitrogens with one attached hydrogen (secondary N) is 1. The lowest BCUT2D eigenvalue weighted by Crippen LogP contribution is -2.22. The van der Waals surface area contributed by atoms with Crippen molar-refractivity contribution >= 4 is 27.3 Å². The number of ketones is 1. The first kappa shape index (κ1) is 19.8. The van der Waals surface area contributed by atoms with Crippen molar-refractivity contribution in [1.29, 1.82) is 0 Å². The van der Waals surface area contributed by atoms with Crippen molar-refractivity contribution in [2.75, 3.05) is 5.32 Å². The van der Waals surface area contributed by atoms with E-state index in [2.05, 4.69) is 15.4 Å². The molecule has 0 unspecified atom stereocenters. The zero-order valence-corrected chi connectivity index (χ0v) is 17.6. The van der Waals surface area contributed by atoms with E-state index in [0.717, 1.165) is 0 Å². The summed E-state index contributed by atoms with van der Waals surface area (Å²) in [5.74, 6) is -0.0213. The summed E-state index contributed by atoms with van der Waals surface area (Å²) in [6.07, 6.45) is 1.61. The molecule has 4 aromatic rings. The molecule has 1 aliphatic heterocycles. The molecule has 1 N–H and O–H groups in total. The van der Waals surface area contributed by atoms with Crippen molar-refractivity contribution in [3.8, 4) is 5.82 Å². The zero-order valence-electron chi connectivity index (χ0n) is 16.8. The third-order valence-corrected chi connectivity index (χ3v) is 6.99. The molecule has 32 heavy (non-hydrogen) atoms. The molecule has 0 fully saturated rings. The second-order valence-corrected chi connectivity index (χ2v) is 9.15. The second kappa shape index (κ2) is 7.24. The van der Waals surface area contributed by atoms with Crippen LogP contribution in [0.5, 0.6) is 0 Å². The first-order chi connectivity index (χ1) is 15.4. The predicted molar refractivity (Wildman–Crippen MR) is 116 cm³/mol. The Bertz CT molecular complexity index is 1510. The summed E-state index contributed by atoms with van der Waals surface area (Å²) in [7, 11) is -3.94. The van der Waals surface area contributed by atoms with Crippen molar-refractivity contribution < 1.29 is 18.0 Å². The maximum absolute atomic E-state index is 13.1. The summed E-state index contributed by atoms with van der Waals surface area (Å²) in [5.41, 5.74) is 0.952. The van der Waals surface area contributed by atoms with Crippen LogP contribution in [-0.2, 0) is 9.84 Å². The maximum Gasteiger partial charge on any atom is 0.256 e. The lowest BCUT2D eigenvalue weighted by molar-refractivity contribution is 0.101. The molecule has 0 spiro atoms. The van der Waals surface area contributed by atoms with Crippen LogP contribution >= 0.6 is 0 Å². The first-order valence-electron chi connectivity index (χ1n) is 9.68. The van der Waals surface area contributed by atoms with Gasteiger partial charge in [-0.05, 0) is 49.4 Å². The summed E-state index contributed by atoms with van der Waals surface area (Å²) < 4.78 is 27.7. The van der Waals surface area contributed by atoms with E-state index in [4.69, 9.17) is 0 Å². The second-order valence-electron chi connectivity index (χ2n) is 7.26. The van der Waals surface area contributed by atoms with E-state index in [-0.39, 0.29) is 32.3 Å². The Hall–Kier alpha value is -4.11. The number of carbonyl (C=O) groups excluding carboxylic acids is 2. The zero-order chi connectivity index (χ0) is 22.5. The molecule has 0 atom stereocenters. The molecular formula is C23H16N4O4S. The van der Waals surface area contributed by atoms with Gasteiger partial charge in [-0.25, -0.2) is 13.4 Å². The van der Waals surface area contributed by atoms with Crippen LogP contribution in [0.3, 0.4) is 0 Å². The van der Waals surface area contributed by atoms with Gasteiger partial charge in [-0.1, -0.05) is 18.2 Å². The quantitative estimate of drug-likeness (QED) is 0.457. The van der Waals surface area contributed by atoms with Crippen molar-refractivity contribution in [3.63, 3.8) is 0 Å². The molecule has 0 saturated heterocycles. The molecule has 2 aromatic heterocycles. The smallest absolute Gasteiger partial charge is 0.256 e. The van der Waals surface area contributed by atoms with Crippen LogP contribution in [0, 0.1) is 6.92 Å². The molecule has 0 radical (unpaired) electrons. The van der Waals surface area contributed by atoms with Crippen LogP contribution in [0.4, 0.5) is 5.82 Å². The third kappa shape index (κ3) is 3.10. The Morgan fingerprint density at radius 1 is 0.938 bits per heavy atom. The fourth-order valence-corrected chi connectivity index (χ4v) is 5.33. The van der Waals surface area contributed by atoms with Gasteiger partial charge in [0.1, 0.15) is 5.82 Å². The molecule has 0 bridgehead atoms. The number of fused-ring (bicyclic) bond motifs is 2. The van der Waals surface area contributed by atoms with Gasteiger partial charge in [-0.2, -0.15) is 9.78 Å². The van der Waals surface area contributed by atoms with Gasteiger partial charge in [0.25, 0.3) is 5.91 Å². The van der Waals surface area contributed by atoms with E-state index in [0.29, 0.717) is 17.3 Å². The van der Waals surface area contributed by atoms with Gasteiger partial charge < -0.3 is 5.32 Å². The van der Waals surface area contributed by atoms with E-state index >= 15 is 0 Å². The van der Waals surface area contributed by atoms with E-state index in [1.807, 2.05) is 0 Å². The SMILES string of the molecule is Cc1cc(NC(=O)c2ccc3c(c2)S(=O)(=O)c2ccccc2C3=O)n(-c2ccccn2)n1. The van der Waals surface area contributed by atoms with E-state index in [1.54, 1.807) is 49.5 Å². The summed E-state index contributed by atoms with van der Waals surface area (Å²) >= 11 is 0. The summed E-state index contributed by atoms with van der Waals surface area (Å²) in [6, 6.07) is 17.1. The number of rotatable bonds is 3. The lowest BCUT2D eigenvalue weighted by atomic mass is 10.0. The number of amides is 1. The minimum absolute atomic E-state index is 0.0506. The van der Waals surface area contributed by atoms with Crippen LogP contribution in [0.15, 0.2) is 82.7 Å². The summed E-state index contributed by atoms with van der Waals surface area (Å²) in [5, 5.41) is 7.11. The van der Waals surface area contributed by atoms with Crippen LogP contribution in [-0.4, -0.2) is 34.9 Å². The molecule has 158 valence electrons. The Balaban J connectivity index is 1.53. The van der Waals surface area contributed by atoms with Gasteiger partial charge >= 0.3 is 0 Å². The highest BCUT2D eigenvalue weighted by Gasteiger charge is 2.35. The Kier molecular flexibility index (Phi) is 4.49. The van der Waals surface area contributed by atoms with Gasteiger partial charge in [-0.3, -0.25) is 9.59 Å². The highest BCUT2D eigenvalue weighted by Crippen LogP contribution is 2.34. The van der Waals surface area contributed by atoms with E-state index in [1.165, 1.54) is 35.0 Å². The molecular weight excluding hydrogens is 428 g/mol. The van der Waals surface area contributed by atoms with E-state index < -0.39 is 15.7 Å². The molecule has 0 aliphatic carbocycles. The largest absolute Gasteiger partial charge is 0.306 e. The third-order valence-electron chi connectivity index (χ3n) is 5.14. The molecule has 2 aromatic carbocycles. The van der Waals surface area contributed by atoms with Gasteiger partial charge in [-0.15, -0.1) is 0 Å². The number of benzene rings is 2.